The number of pyridine rings is 1. The number of rotatable bonds is 1. The molecule has 1 saturated carbocycles. The maximum atomic E-state index is 11.6. The molecule has 0 saturated heterocycles. The van der Waals surface area contributed by atoms with Gasteiger partial charge in [0.05, 0.1) is 5.39 Å². The van der Waals surface area contributed by atoms with E-state index < -0.39 is 0 Å². The monoisotopic (exact) mass is 188 g/mol. The highest BCUT2D eigenvalue weighted by Gasteiger charge is 2.24. The maximum Gasteiger partial charge on any atom is 0.191 e. The van der Waals surface area contributed by atoms with Crippen molar-refractivity contribution in [2.45, 2.75) is 25.8 Å². The van der Waals surface area contributed by atoms with Gasteiger partial charge in [-0.15, -0.1) is 0 Å². The van der Waals surface area contributed by atoms with Crippen molar-refractivity contribution < 1.29 is 0 Å². The zero-order chi connectivity index (χ0) is 9.71. The van der Waals surface area contributed by atoms with Gasteiger partial charge in [-0.1, -0.05) is 0 Å². The summed E-state index contributed by atoms with van der Waals surface area (Å²) >= 11 is 0. The van der Waals surface area contributed by atoms with Crippen molar-refractivity contribution in [1.82, 2.24) is 9.55 Å². The fourth-order valence-corrected chi connectivity index (χ4v) is 1.93. The molecule has 14 heavy (non-hydrogen) atoms. The Balaban J connectivity index is 2.38. The lowest BCUT2D eigenvalue weighted by atomic mass is 10.3. The molecule has 0 aromatic carbocycles. The summed E-state index contributed by atoms with van der Waals surface area (Å²) in [6.07, 6.45) is 4.49. The van der Waals surface area contributed by atoms with Crippen LogP contribution in [-0.4, -0.2) is 9.55 Å². The first-order valence-electron chi connectivity index (χ1n) is 4.96. The normalized spacial score (nSPS) is 16.4. The van der Waals surface area contributed by atoms with Crippen LogP contribution in [0.15, 0.2) is 23.1 Å². The number of hydrogen-bond acceptors (Lipinski definition) is 1. The van der Waals surface area contributed by atoms with Crippen LogP contribution in [0.4, 0.5) is 0 Å². The number of nitrogens with one attached hydrogen (secondary N) is 1. The first-order valence-corrected chi connectivity index (χ1v) is 4.96. The zero-order valence-corrected chi connectivity index (χ0v) is 8.08. The molecule has 3 nitrogen and oxygen atoms in total. The van der Waals surface area contributed by atoms with Crippen molar-refractivity contribution in [3.63, 3.8) is 0 Å². The van der Waals surface area contributed by atoms with Crippen LogP contribution in [0.5, 0.6) is 0 Å². The molecular formula is C11H12N2O. The van der Waals surface area contributed by atoms with Gasteiger partial charge in [-0.2, -0.15) is 0 Å². The van der Waals surface area contributed by atoms with Gasteiger partial charge in [-0.25, -0.2) is 0 Å². The summed E-state index contributed by atoms with van der Waals surface area (Å²) in [5.41, 5.74) is 2.04. The summed E-state index contributed by atoms with van der Waals surface area (Å²) in [5.74, 6) is 0. The van der Waals surface area contributed by atoms with Gasteiger partial charge in [0.1, 0.15) is 5.65 Å². The van der Waals surface area contributed by atoms with Crippen molar-refractivity contribution in [1.29, 1.82) is 0 Å². The number of fused-ring (bicyclic) bond motifs is 1. The molecule has 0 unspecified atom stereocenters. The topological polar surface area (TPSA) is 37.8 Å². The SMILES string of the molecule is Cc1cc(=O)c2ccn(C3CC3)c2[nH]1. The predicted molar refractivity (Wildman–Crippen MR) is 55.6 cm³/mol. The van der Waals surface area contributed by atoms with Crippen LogP contribution >= 0.6 is 0 Å². The van der Waals surface area contributed by atoms with Crippen molar-refractivity contribution in [2.24, 2.45) is 0 Å². The van der Waals surface area contributed by atoms with E-state index in [2.05, 4.69) is 9.55 Å². The average molecular weight is 188 g/mol. The van der Waals surface area contributed by atoms with Crippen molar-refractivity contribution in [3.05, 3.63) is 34.2 Å². The number of aryl methyl sites for hydroxylation is 1. The van der Waals surface area contributed by atoms with Crippen molar-refractivity contribution in [2.75, 3.05) is 0 Å². The molecule has 72 valence electrons. The smallest absolute Gasteiger partial charge is 0.191 e. The molecular weight excluding hydrogens is 176 g/mol. The van der Waals surface area contributed by atoms with E-state index in [9.17, 15) is 4.79 Å². The lowest BCUT2D eigenvalue weighted by Crippen LogP contribution is -2.03. The van der Waals surface area contributed by atoms with E-state index in [0.717, 1.165) is 16.7 Å². The summed E-state index contributed by atoms with van der Waals surface area (Å²) in [5, 5.41) is 0.808. The largest absolute Gasteiger partial charge is 0.345 e. The van der Waals surface area contributed by atoms with E-state index in [0.29, 0.717) is 6.04 Å². The Morgan fingerprint density at radius 1 is 1.50 bits per heavy atom. The Hall–Kier alpha value is -1.51. The molecule has 1 aliphatic carbocycles. The number of aromatic nitrogens is 2. The minimum atomic E-state index is 0.121. The summed E-state index contributed by atoms with van der Waals surface area (Å²) in [4.78, 5) is 14.9. The Labute approximate surface area is 81.4 Å². The molecule has 0 spiro atoms. The standard InChI is InChI=1S/C11H12N2O/c1-7-6-10(14)9-4-5-13(8-2-3-8)11(9)12-7/h4-6,8H,2-3H2,1H3,(H,12,14). The van der Waals surface area contributed by atoms with E-state index in [1.165, 1.54) is 12.8 Å². The molecule has 3 rings (SSSR count). The van der Waals surface area contributed by atoms with Gasteiger partial charge in [0, 0.05) is 24.0 Å². The van der Waals surface area contributed by atoms with E-state index >= 15 is 0 Å². The van der Waals surface area contributed by atoms with Crippen LogP contribution in [0.2, 0.25) is 0 Å². The van der Waals surface area contributed by atoms with E-state index in [4.69, 9.17) is 0 Å². The number of nitrogens with zero attached hydrogens (tertiary/aromatic N) is 1. The van der Waals surface area contributed by atoms with Crippen LogP contribution in [0.1, 0.15) is 24.6 Å². The van der Waals surface area contributed by atoms with Gasteiger partial charge in [0.15, 0.2) is 5.43 Å². The molecule has 0 radical (unpaired) electrons. The van der Waals surface area contributed by atoms with Crippen molar-refractivity contribution >= 4 is 11.0 Å². The molecule has 1 aliphatic rings. The molecule has 1 fully saturated rings. The van der Waals surface area contributed by atoms with Crippen LogP contribution in [0.25, 0.3) is 11.0 Å². The second kappa shape index (κ2) is 2.50. The lowest BCUT2D eigenvalue weighted by molar-refractivity contribution is 0.765. The van der Waals surface area contributed by atoms with E-state index in [1.807, 2.05) is 19.2 Å². The fraction of sp³-hybridized carbons (Fsp3) is 0.364. The van der Waals surface area contributed by atoms with Crippen LogP contribution < -0.4 is 5.43 Å². The predicted octanol–water partition coefficient (Wildman–Crippen LogP) is 1.97. The molecule has 2 heterocycles. The van der Waals surface area contributed by atoms with Crippen LogP contribution in [0.3, 0.4) is 0 Å². The first kappa shape index (κ1) is 7.85. The Kier molecular flexibility index (Phi) is 1.40. The number of aromatic amines is 1. The molecule has 0 amide bonds. The highest BCUT2D eigenvalue weighted by atomic mass is 16.1. The highest BCUT2D eigenvalue weighted by Crippen LogP contribution is 2.36. The molecule has 3 heteroatoms. The minimum Gasteiger partial charge on any atom is -0.345 e. The summed E-state index contributed by atoms with van der Waals surface area (Å²) in [7, 11) is 0. The van der Waals surface area contributed by atoms with Gasteiger partial charge in [0.25, 0.3) is 0 Å². The quantitative estimate of drug-likeness (QED) is 0.730. The summed E-state index contributed by atoms with van der Waals surface area (Å²) in [6, 6.07) is 4.18. The lowest BCUT2D eigenvalue weighted by Gasteiger charge is -2.02. The maximum absolute atomic E-state index is 11.6. The Bertz CT molecular complexity index is 546. The Morgan fingerprint density at radius 3 is 3.00 bits per heavy atom. The third-order valence-corrected chi connectivity index (χ3v) is 2.78. The zero-order valence-electron chi connectivity index (χ0n) is 8.08. The van der Waals surface area contributed by atoms with Crippen molar-refractivity contribution in [3.8, 4) is 0 Å². The molecule has 0 bridgehead atoms. The van der Waals surface area contributed by atoms with Gasteiger partial charge < -0.3 is 9.55 Å². The number of H-pyrrole nitrogens is 1. The summed E-state index contributed by atoms with van der Waals surface area (Å²) in [6.45, 7) is 1.92. The molecule has 0 aliphatic heterocycles. The second-order valence-electron chi connectivity index (χ2n) is 4.03. The average Bonchev–Trinajstić information content (AvgIpc) is 2.87. The van der Waals surface area contributed by atoms with E-state index in [1.54, 1.807) is 6.07 Å². The van der Waals surface area contributed by atoms with Gasteiger partial charge in [-0.3, -0.25) is 4.79 Å². The molecule has 2 aromatic rings. The van der Waals surface area contributed by atoms with Gasteiger partial charge in [-0.05, 0) is 25.8 Å². The first-order chi connectivity index (χ1) is 6.75. The third kappa shape index (κ3) is 1.02. The van der Waals surface area contributed by atoms with Crippen LogP contribution in [-0.2, 0) is 0 Å². The molecule has 2 aromatic heterocycles. The molecule has 1 N–H and O–H groups in total. The Morgan fingerprint density at radius 2 is 2.29 bits per heavy atom. The van der Waals surface area contributed by atoms with Gasteiger partial charge >= 0.3 is 0 Å². The minimum absolute atomic E-state index is 0.121. The summed E-state index contributed by atoms with van der Waals surface area (Å²) < 4.78 is 2.18. The third-order valence-electron chi connectivity index (χ3n) is 2.78. The van der Waals surface area contributed by atoms with E-state index in [-0.39, 0.29) is 5.43 Å². The second-order valence-corrected chi connectivity index (χ2v) is 4.03. The molecule has 0 atom stereocenters. The van der Waals surface area contributed by atoms with Gasteiger partial charge in [0.2, 0.25) is 0 Å². The highest BCUT2D eigenvalue weighted by molar-refractivity contribution is 5.76. The van der Waals surface area contributed by atoms with Crippen LogP contribution in [0, 0.1) is 6.92 Å². The number of hydrogen-bond donors (Lipinski definition) is 1. The fourth-order valence-electron chi connectivity index (χ4n) is 1.93.